The molecule has 0 aromatic carbocycles. The monoisotopic (exact) mass is 258 g/mol. The summed E-state index contributed by atoms with van der Waals surface area (Å²) in [5, 5.41) is 0. The Hall–Kier alpha value is 1.52. The molecule has 12 heavy (non-hydrogen) atoms. The van der Waals surface area contributed by atoms with E-state index >= 15 is 0 Å². The molecule has 0 aliphatic heterocycles. The van der Waals surface area contributed by atoms with Crippen LogP contribution in [0.25, 0.3) is 0 Å². The van der Waals surface area contributed by atoms with Gasteiger partial charge in [-0.25, -0.2) is 0 Å². The predicted octanol–water partition coefficient (Wildman–Crippen LogP) is 3.06. The van der Waals surface area contributed by atoms with E-state index in [1.165, 1.54) is 0 Å². The highest BCUT2D eigenvalue weighted by molar-refractivity contribution is 8.80. The lowest BCUT2D eigenvalue weighted by Crippen LogP contribution is -2.02. The summed E-state index contributed by atoms with van der Waals surface area (Å²) in [7, 11) is 7.70. The maximum absolute atomic E-state index is 10.8. The van der Waals surface area contributed by atoms with Crippen molar-refractivity contribution in [3.63, 3.8) is 0 Å². The van der Waals surface area contributed by atoms with E-state index in [9.17, 15) is 4.79 Å². The van der Waals surface area contributed by atoms with Crippen LogP contribution < -0.4 is 0 Å². The third kappa shape index (κ3) is 3.72. The first kappa shape index (κ1) is 11.6. The van der Waals surface area contributed by atoms with Crippen molar-refractivity contribution in [2.75, 3.05) is 0 Å². The highest BCUT2D eigenvalue weighted by Crippen LogP contribution is 2.83. The molecule has 0 saturated carbocycles. The molecule has 0 radical (unpaired) electrons. The van der Waals surface area contributed by atoms with Crippen LogP contribution in [0.15, 0.2) is 12.2 Å². The zero-order chi connectivity index (χ0) is 9.14. The normalized spacial score (nSPS) is 25.3. The molecule has 5 atom stereocenters. The number of ketones is 1. The van der Waals surface area contributed by atoms with E-state index in [2.05, 4.69) is 26.8 Å². The SMILES string of the molecule is O=C1C=C[C@H](OP(P)P(P)P)C1. The largest absolute Gasteiger partial charge is 0.342 e. The Balaban J connectivity index is 2.33. The van der Waals surface area contributed by atoms with Crippen molar-refractivity contribution in [1.82, 2.24) is 0 Å². The Kier molecular flexibility index (Phi) is 5.23. The van der Waals surface area contributed by atoms with Crippen molar-refractivity contribution >= 4 is 47.1 Å². The maximum atomic E-state index is 10.8. The Bertz CT molecular complexity index is 204. The molecule has 0 aromatic heterocycles. The summed E-state index contributed by atoms with van der Waals surface area (Å²) in [4.78, 5) is 10.8. The third-order valence-electron chi connectivity index (χ3n) is 1.37. The van der Waals surface area contributed by atoms with E-state index in [4.69, 9.17) is 4.52 Å². The molecule has 0 heterocycles. The van der Waals surface area contributed by atoms with Crippen molar-refractivity contribution in [2.24, 2.45) is 0 Å². The molecule has 0 aromatic rings. The summed E-state index contributed by atoms with van der Waals surface area (Å²) in [5.74, 6) is 0.172. The minimum absolute atomic E-state index is 0.0206. The lowest BCUT2D eigenvalue weighted by molar-refractivity contribution is -0.114. The van der Waals surface area contributed by atoms with Crippen LogP contribution in [0.4, 0.5) is 0 Å². The summed E-state index contributed by atoms with van der Waals surface area (Å²) in [6.07, 6.45) is 3.99. The first-order chi connectivity index (χ1) is 5.59. The lowest BCUT2D eigenvalue weighted by Gasteiger charge is -2.19. The van der Waals surface area contributed by atoms with Gasteiger partial charge in [0.2, 0.25) is 0 Å². The predicted molar refractivity (Wildman–Crippen MR) is 66.6 cm³/mol. The molecule has 0 amide bonds. The second-order valence-corrected chi connectivity index (χ2v) is 16.9. The van der Waals surface area contributed by atoms with Gasteiger partial charge in [-0.05, 0) is 13.1 Å². The molecule has 0 fully saturated rings. The number of hydrogen-bond donors (Lipinski definition) is 0. The van der Waals surface area contributed by atoms with Gasteiger partial charge in [0.25, 0.3) is 0 Å². The van der Waals surface area contributed by atoms with Gasteiger partial charge < -0.3 is 4.52 Å². The van der Waals surface area contributed by atoms with E-state index in [1.807, 2.05) is 6.08 Å². The zero-order valence-electron chi connectivity index (χ0n) is 6.38. The molecule has 0 N–H and O–H groups in total. The van der Waals surface area contributed by atoms with Crippen LogP contribution in [0.1, 0.15) is 6.42 Å². The minimum Gasteiger partial charge on any atom is -0.342 e. The van der Waals surface area contributed by atoms with Gasteiger partial charge in [-0.2, -0.15) is 0 Å². The first-order valence-corrected chi connectivity index (χ1v) is 11.5. The Labute approximate surface area is 81.4 Å². The van der Waals surface area contributed by atoms with Crippen LogP contribution in [-0.2, 0) is 9.32 Å². The summed E-state index contributed by atoms with van der Waals surface area (Å²) in [5.41, 5.74) is 0. The molecule has 0 spiro atoms. The fourth-order valence-electron chi connectivity index (χ4n) is 0.815. The number of rotatable bonds is 3. The molecule has 1 rings (SSSR count). The third-order valence-corrected chi connectivity index (χ3v) is 15.6. The highest BCUT2D eigenvalue weighted by atomic mass is 32.8. The second kappa shape index (κ2) is 5.41. The molecule has 7 heteroatoms. The van der Waals surface area contributed by atoms with Gasteiger partial charge in [-0.15, -0.1) is 17.9 Å². The number of hydrogen-bond acceptors (Lipinski definition) is 2. The van der Waals surface area contributed by atoms with Crippen LogP contribution in [0.5, 0.6) is 0 Å². The zero-order valence-corrected chi connectivity index (χ0v) is 11.6. The van der Waals surface area contributed by atoms with E-state index in [0.717, 1.165) is 0 Å². The summed E-state index contributed by atoms with van der Waals surface area (Å²) in [6, 6.07) is 0. The van der Waals surface area contributed by atoms with Crippen LogP contribution >= 0.6 is 41.3 Å². The van der Waals surface area contributed by atoms with E-state index in [1.54, 1.807) is 6.08 Å². The Morgan fingerprint density at radius 2 is 2.17 bits per heavy atom. The summed E-state index contributed by atoms with van der Waals surface area (Å²) in [6.45, 7) is -0.198. The number of allylic oxidation sites excluding steroid dienone is 1. The maximum Gasteiger partial charge on any atom is 0.158 e. The lowest BCUT2D eigenvalue weighted by atomic mass is 10.3. The van der Waals surface area contributed by atoms with Crippen LogP contribution in [-0.4, -0.2) is 11.9 Å². The second-order valence-electron chi connectivity index (χ2n) is 2.36. The van der Waals surface area contributed by atoms with Crippen molar-refractivity contribution in [1.29, 1.82) is 0 Å². The Morgan fingerprint density at radius 3 is 2.58 bits per heavy atom. The van der Waals surface area contributed by atoms with Crippen molar-refractivity contribution in [3.8, 4) is 0 Å². The average Bonchev–Trinajstić information content (AvgIpc) is 2.35. The van der Waals surface area contributed by atoms with Crippen molar-refractivity contribution in [3.05, 3.63) is 12.2 Å². The summed E-state index contributed by atoms with van der Waals surface area (Å²) < 4.78 is 5.65. The topological polar surface area (TPSA) is 26.3 Å². The van der Waals surface area contributed by atoms with Gasteiger partial charge in [0.1, 0.15) is 0 Å². The first-order valence-electron chi connectivity index (χ1n) is 3.31. The quantitative estimate of drug-likeness (QED) is 0.727. The molecule has 2 nitrogen and oxygen atoms in total. The van der Waals surface area contributed by atoms with Gasteiger partial charge in [-0.1, -0.05) is 15.0 Å². The van der Waals surface area contributed by atoms with Crippen LogP contribution in [0.2, 0.25) is 0 Å². The van der Waals surface area contributed by atoms with E-state index in [-0.39, 0.29) is 18.9 Å². The van der Waals surface area contributed by atoms with Crippen molar-refractivity contribution in [2.45, 2.75) is 12.5 Å². The van der Waals surface area contributed by atoms with Crippen LogP contribution in [0, 0.1) is 0 Å². The molecular weight excluding hydrogens is 247 g/mol. The standard InChI is InChI=1S/C5H11O2P5/c6-4-1-2-5(3-4)7-11(8)12(9)10/h1-2,5H,3,8-10H2/t5-,11?/m0/s1. The summed E-state index contributed by atoms with van der Waals surface area (Å²) >= 11 is 0. The molecular formula is C5H11O2P5. The molecule has 4 unspecified atom stereocenters. The van der Waals surface area contributed by atoms with Gasteiger partial charge >= 0.3 is 0 Å². The smallest absolute Gasteiger partial charge is 0.158 e. The van der Waals surface area contributed by atoms with Gasteiger partial charge in [0, 0.05) is 6.42 Å². The molecule has 0 bridgehead atoms. The fourth-order valence-corrected chi connectivity index (χ4v) is 3.48. The van der Waals surface area contributed by atoms with E-state index in [0.29, 0.717) is 6.42 Å². The highest BCUT2D eigenvalue weighted by Gasteiger charge is 2.20. The van der Waals surface area contributed by atoms with Gasteiger partial charge in [0.15, 0.2) is 5.78 Å². The van der Waals surface area contributed by atoms with Gasteiger partial charge in [0.05, 0.1) is 13.6 Å². The molecule has 0 saturated heterocycles. The molecule has 68 valence electrons. The van der Waals surface area contributed by atoms with E-state index < -0.39 is 7.53 Å². The molecule has 1 aliphatic carbocycles. The van der Waals surface area contributed by atoms with Gasteiger partial charge in [-0.3, -0.25) is 4.79 Å². The van der Waals surface area contributed by atoms with Crippen LogP contribution in [0.3, 0.4) is 0 Å². The fraction of sp³-hybridized carbons (Fsp3) is 0.400. The number of carbonyl (C=O) groups is 1. The van der Waals surface area contributed by atoms with Crippen molar-refractivity contribution < 1.29 is 9.32 Å². The Morgan fingerprint density at radius 1 is 1.50 bits per heavy atom. The molecule has 1 aliphatic rings. The average molecular weight is 258 g/mol. The minimum atomic E-state index is -0.466. The number of carbonyl (C=O) groups excluding carboxylic acids is 1.